The van der Waals surface area contributed by atoms with E-state index in [-0.39, 0.29) is 0 Å². The molecule has 0 saturated carbocycles. The molecule has 0 fully saturated rings. The van der Waals surface area contributed by atoms with Crippen molar-refractivity contribution in [3.8, 4) is 0 Å². The van der Waals surface area contributed by atoms with Gasteiger partial charge in [-0.3, -0.25) is 0 Å². The summed E-state index contributed by atoms with van der Waals surface area (Å²) >= 11 is 0. The van der Waals surface area contributed by atoms with Gasteiger partial charge in [0.05, 0.1) is 0 Å². The monoisotopic (exact) mass is 146 g/mol. The van der Waals surface area contributed by atoms with Gasteiger partial charge in [-0.05, 0) is 30.0 Å². The van der Waals surface area contributed by atoms with E-state index in [0.29, 0.717) is 0 Å². The molecule has 0 spiro atoms. The standard InChI is InChI=1S/C11H14/c1-3-4-10-9-6-5-8(2)11(10)7-9/h5-7,10H,3-4H2,1-2H3. The first kappa shape index (κ1) is 6.90. The smallest absolute Gasteiger partial charge is 0.00920 e. The van der Waals surface area contributed by atoms with Crippen molar-refractivity contribution in [1.29, 1.82) is 0 Å². The summed E-state index contributed by atoms with van der Waals surface area (Å²) in [6.45, 7) is 4.47. The van der Waals surface area contributed by atoms with E-state index in [2.05, 4.69) is 32.0 Å². The second-order valence-electron chi connectivity index (χ2n) is 3.46. The normalized spacial score (nSPS) is 19.6. The minimum Gasteiger partial charge on any atom is -0.0653 e. The molecule has 0 N–H and O–H groups in total. The molecule has 0 heteroatoms. The summed E-state index contributed by atoms with van der Waals surface area (Å²) in [6.07, 6.45) is 2.63. The lowest BCUT2D eigenvalue weighted by atomic mass is 9.75. The number of aryl methyl sites for hydroxylation is 1. The van der Waals surface area contributed by atoms with Gasteiger partial charge in [0.15, 0.2) is 0 Å². The zero-order valence-corrected chi connectivity index (χ0v) is 7.22. The molecule has 11 heavy (non-hydrogen) atoms. The van der Waals surface area contributed by atoms with Gasteiger partial charge in [0, 0.05) is 5.92 Å². The Kier molecular flexibility index (Phi) is 1.49. The Bertz CT molecular complexity index is 270. The van der Waals surface area contributed by atoms with Crippen molar-refractivity contribution in [3.05, 3.63) is 34.9 Å². The van der Waals surface area contributed by atoms with E-state index in [1.165, 1.54) is 18.4 Å². The molecule has 2 aliphatic carbocycles. The lowest BCUT2D eigenvalue weighted by Crippen LogP contribution is -2.12. The molecule has 0 amide bonds. The third kappa shape index (κ3) is 0.891. The maximum atomic E-state index is 2.33. The molecule has 1 aromatic rings. The molecular weight excluding hydrogens is 132 g/mol. The lowest BCUT2D eigenvalue weighted by Gasteiger charge is -2.29. The predicted molar refractivity (Wildman–Crippen MR) is 47.9 cm³/mol. The third-order valence-electron chi connectivity index (χ3n) is 2.66. The van der Waals surface area contributed by atoms with Crippen LogP contribution in [0.25, 0.3) is 0 Å². The van der Waals surface area contributed by atoms with E-state index in [0.717, 1.165) is 5.92 Å². The topological polar surface area (TPSA) is 0 Å². The molecular formula is C11H14. The first-order valence-electron chi connectivity index (χ1n) is 4.43. The predicted octanol–water partition coefficient (Wildman–Crippen LogP) is 3.24. The van der Waals surface area contributed by atoms with Gasteiger partial charge in [0.25, 0.3) is 0 Å². The van der Waals surface area contributed by atoms with Crippen LogP contribution >= 0.6 is 0 Å². The average molecular weight is 146 g/mol. The van der Waals surface area contributed by atoms with Gasteiger partial charge in [-0.2, -0.15) is 0 Å². The van der Waals surface area contributed by atoms with Gasteiger partial charge in [-0.15, -0.1) is 0 Å². The molecule has 0 radical (unpaired) electrons. The summed E-state index contributed by atoms with van der Waals surface area (Å²) in [7, 11) is 0. The summed E-state index contributed by atoms with van der Waals surface area (Å²) in [5, 5.41) is 0. The first-order chi connectivity index (χ1) is 5.33. The number of rotatable bonds is 2. The van der Waals surface area contributed by atoms with Crippen LogP contribution in [0.15, 0.2) is 18.2 Å². The Morgan fingerprint density at radius 1 is 1.36 bits per heavy atom. The van der Waals surface area contributed by atoms with Crippen LogP contribution in [0.5, 0.6) is 0 Å². The fourth-order valence-corrected chi connectivity index (χ4v) is 1.95. The summed E-state index contributed by atoms with van der Waals surface area (Å²) in [4.78, 5) is 0. The van der Waals surface area contributed by atoms with Crippen molar-refractivity contribution in [2.24, 2.45) is 0 Å². The molecule has 3 rings (SSSR count). The summed E-state index contributed by atoms with van der Waals surface area (Å²) in [5.74, 6) is 0.796. The summed E-state index contributed by atoms with van der Waals surface area (Å²) in [5.41, 5.74) is 4.61. The number of fused-ring (bicyclic) bond motifs is 2. The van der Waals surface area contributed by atoms with Gasteiger partial charge in [-0.25, -0.2) is 0 Å². The number of benzene rings is 1. The molecule has 0 nitrogen and oxygen atoms in total. The van der Waals surface area contributed by atoms with E-state index in [1.54, 1.807) is 11.1 Å². The minimum absolute atomic E-state index is 0.796. The second kappa shape index (κ2) is 2.37. The van der Waals surface area contributed by atoms with Gasteiger partial charge in [0.1, 0.15) is 0 Å². The molecule has 2 aliphatic rings. The van der Waals surface area contributed by atoms with Crippen molar-refractivity contribution < 1.29 is 0 Å². The van der Waals surface area contributed by atoms with E-state index >= 15 is 0 Å². The van der Waals surface area contributed by atoms with Gasteiger partial charge < -0.3 is 0 Å². The lowest BCUT2D eigenvalue weighted by molar-refractivity contribution is 0.661. The Balaban J connectivity index is 2.27. The Morgan fingerprint density at radius 2 is 2.18 bits per heavy atom. The van der Waals surface area contributed by atoms with Crippen molar-refractivity contribution in [3.63, 3.8) is 0 Å². The molecule has 58 valence electrons. The van der Waals surface area contributed by atoms with Crippen molar-refractivity contribution >= 4 is 0 Å². The maximum Gasteiger partial charge on any atom is 0.00920 e. The van der Waals surface area contributed by atoms with Gasteiger partial charge in [0.2, 0.25) is 0 Å². The Morgan fingerprint density at radius 3 is 2.73 bits per heavy atom. The van der Waals surface area contributed by atoms with E-state index in [4.69, 9.17) is 0 Å². The van der Waals surface area contributed by atoms with Crippen LogP contribution < -0.4 is 0 Å². The number of hydrogen-bond donors (Lipinski definition) is 0. The van der Waals surface area contributed by atoms with Crippen LogP contribution in [-0.4, -0.2) is 0 Å². The van der Waals surface area contributed by atoms with Gasteiger partial charge in [-0.1, -0.05) is 31.5 Å². The zero-order chi connectivity index (χ0) is 7.84. The first-order valence-corrected chi connectivity index (χ1v) is 4.43. The zero-order valence-electron chi connectivity index (χ0n) is 7.22. The Labute approximate surface area is 68.3 Å². The SMILES string of the molecule is CCCC1c2ccc(C)c1c2. The highest BCUT2D eigenvalue weighted by Crippen LogP contribution is 2.40. The van der Waals surface area contributed by atoms with Crippen molar-refractivity contribution in [2.45, 2.75) is 32.6 Å². The highest BCUT2D eigenvalue weighted by atomic mass is 14.3. The quantitative estimate of drug-likeness (QED) is 0.601. The molecule has 2 bridgehead atoms. The molecule has 0 saturated heterocycles. The fraction of sp³-hybridized carbons (Fsp3) is 0.455. The molecule has 0 heterocycles. The molecule has 0 aromatic heterocycles. The average Bonchev–Trinajstić information content (AvgIpc) is 1.99. The van der Waals surface area contributed by atoms with Crippen molar-refractivity contribution in [2.75, 3.05) is 0 Å². The van der Waals surface area contributed by atoms with Crippen LogP contribution in [0.2, 0.25) is 0 Å². The highest BCUT2D eigenvalue weighted by Gasteiger charge is 2.23. The summed E-state index contributed by atoms with van der Waals surface area (Å²) < 4.78 is 0. The van der Waals surface area contributed by atoms with Crippen LogP contribution in [0.1, 0.15) is 42.4 Å². The number of hydrogen-bond acceptors (Lipinski definition) is 0. The van der Waals surface area contributed by atoms with Crippen LogP contribution in [0.3, 0.4) is 0 Å². The molecule has 1 atom stereocenters. The summed E-state index contributed by atoms with van der Waals surface area (Å²) in [6, 6.07) is 6.83. The van der Waals surface area contributed by atoms with E-state index in [1.807, 2.05) is 0 Å². The highest BCUT2D eigenvalue weighted by molar-refractivity contribution is 5.48. The maximum absolute atomic E-state index is 2.33. The second-order valence-corrected chi connectivity index (χ2v) is 3.46. The molecule has 1 aromatic carbocycles. The fourth-order valence-electron chi connectivity index (χ4n) is 1.95. The largest absolute Gasteiger partial charge is 0.0653 e. The Hall–Kier alpha value is -0.780. The minimum atomic E-state index is 0.796. The molecule has 1 unspecified atom stereocenters. The van der Waals surface area contributed by atoms with Crippen LogP contribution in [0.4, 0.5) is 0 Å². The third-order valence-corrected chi connectivity index (χ3v) is 2.66. The molecule has 0 aliphatic heterocycles. The van der Waals surface area contributed by atoms with E-state index < -0.39 is 0 Å². The van der Waals surface area contributed by atoms with Crippen LogP contribution in [0, 0.1) is 6.92 Å². The van der Waals surface area contributed by atoms with E-state index in [9.17, 15) is 0 Å². The van der Waals surface area contributed by atoms with Crippen molar-refractivity contribution in [1.82, 2.24) is 0 Å². The van der Waals surface area contributed by atoms with Gasteiger partial charge >= 0.3 is 0 Å². The van der Waals surface area contributed by atoms with Crippen LogP contribution in [-0.2, 0) is 0 Å².